The number of hydrogen-bond acceptors (Lipinski definition) is 5. The predicted molar refractivity (Wildman–Crippen MR) is 113 cm³/mol. The highest BCUT2D eigenvalue weighted by Gasteiger charge is 2.25. The molecular formula is C22H23N3O4S. The molecule has 1 N–H and O–H groups in total. The SMILES string of the molecule is Cc1nn(-c2ccccc2)c(C)c1C(=O)C(=O)NCCCS(=O)(=O)c1ccccc1. The van der Waals surface area contributed by atoms with Gasteiger partial charge in [-0.25, -0.2) is 13.1 Å². The first-order chi connectivity index (χ1) is 14.3. The van der Waals surface area contributed by atoms with Crippen LogP contribution in [0.25, 0.3) is 5.69 Å². The summed E-state index contributed by atoms with van der Waals surface area (Å²) in [5.74, 6) is -1.57. The minimum atomic E-state index is -3.42. The van der Waals surface area contributed by atoms with Crippen molar-refractivity contribution in [3.8, 4) is 5.69 Å². The lowest BCUT2D eigenvalue weighted by Gasteiger charge is -2.07. The first-order valence-corrected chi connectivity index (χ1v) is 11.2. The Balaban J connectivity index is 1.62. The lowest BCUT2D eigenvalue weighted by Crippen LogP contribution is -2.33. The van der Waals surface area contributed by atoms with Crippen LogP contribution in [0.3, 0.4) is 0 Å². The fourth-order valence-corrected chi connectivity index (χ4v) is 4.53. The molecule has 1 amide bonds. The molecule has 3 rings (SSSR count). The van der Waals surface area contributed by atoms with Crippen molar-refractivity contribution in [3.63, 3.8) is 0 Å². The van der Waals surface area contributed by atoms with Crippen LogP contribution in [-0.2, 0) is 14.6 Å². The van der Waals surface area contributed by atoms with Crippen molar-refractivity contribution in [2.75, 3.05) is 12.3 Å². The number of nitrogens with one attached hydrogen (secondary N) is 1. The number of sulfone groups is 1. The minimum Gasteiger partial charge on any atom is -0.349 e. The van der Waals surface area contributed by atoms with Gasteiger partial charge in [0.2, 0.25) is 0 Å². The van der Waals surface area contributed by atoms with Gasteiger partial charge in [-0.2, -0.15) is 5.10 Å². The highest BCUT2D eigenvalue weighted by Crippen LogP contribution is 2.18. The van der Waals surface area contributed by atoms with Crippen molar-refractivity contribution in [2.45, 2.75) is 25.2 Å². The molecule has 0 unspecified atom stereocenters. The van der Waals surface area contributed by atoms with E-state index < -0.39 is 21.5 Å². The summed E-state index contributed by atoms with van der Waals surface area (Å²) in [6.07, 6.45) is 0.206. The van der Waals surface area contributed by atoms with Crippen molar-refractivity contribution >= 4 is 21.5 Å². The Bertz CT molecular complexity index is 1150. The standard InChI is InChI=1S/C22H23N3O4S/c1-16-20(17(2)25(24-16)18-10-5-3-6-11-18)21(26)22(27)23-14-9-15-30(28,29)19-12-7-4-8-13-19/h3-8,10-13H,9,14-15H2,1-2H3,(H,23,27). The average molecular weight is 426 g/mol. The smallest absolute Gasteiger partial charge is 0.292 e. The van der Waals surface area contributed by atoms with E-state index in [1.165, 1.54) is 12.1 Å². The van der Waals surface area contributed by atoms with E-state index in [1.807, 2.05) is 30.3 Å². The molecule has 0 spiro atoms. The number of carbonyl (C=O) groups excluding carboxylic acids is 2. The highest BCUT2D eigenvalue weighted by molar-refractivity contribution is 7.91. The van der Waals surface area contributed by atoms with Crippen LogP contribution in [0.2, 0.25) is 0 Å². The summed E-state index contributed by atoms with van der Waals surface area (Å²) in [7, 11) is -3.42. The number of carbonyl (C=O) groups is 2. The maximum Gasteiger partial charge on any atom is 0.292 e. The summed E-state index contributed by atoms with van der Waals surface area (Å²) < 4.78 is 26.2. The number of nitrogens with zero attached hydrogens (tertiary/aromatic N) is 2. The van der Waals surface area contributed by atoms with Crippen molar-refractivity contribution in [1.82, 2.24) is 15.1 Å². The fraction of sp³-hybridized carbons (Fsp3) is 0.227. The van der Waals surface area contributed by atoms with Crippen LogP contribution in [0, 0.1) is 13.8 Å². The molecule has 0 bridgehead atoms. The third-order valence-corrected chi connectivity index (χ3v) is 6.52. The van der Waals surface area contributed by atoms with Crippen LogP contribution in [0.5, 0.6) is 0 Å². The molecule has 0 radical (unpaired) electrons. The molecule has 1 heterocycles. The van der Waals surface area contributed by atoms with Gasteiger partial charge >= 0.3 is 0 Å². The second-order valence-electron chi connectivity index (χ2n) is 6.86. The van der Waals surface area contributed by atoms with Gasteiger partial charge in [0.1, 0.15) is 0 Å². The Kier molecular flexibility index (Phi) is 6.47. The van der Waals surface area contributed by atoms with E-state index in [2.05, 4.69) is 10.4 Å². The van der Waals surface area contributed by atoms with Crippen LogP contribution >= 0.6 is 0 Å². The van der Waals surface area contributed by atoms with Gasteiger partial charge in [0.05, 0.1) is 33.3 Å². The molecule has 7 nitrogen and oxygen atoms in total. The maximum absolute atomic E-state index is 12.7. The molecule has 0 saturated heterocycles. The number of hydrogen-bond donors (Lipinski definition) is 1. The van der Waals surface area contributed by atoms with Crippen LogP contribution in [-0.4, -0.2) is 42.2 Å². The maximum atomic E-state index is 12.7. The number of amides is 1. The molecule has 3 aromatic rings. The first-order valence-electron chi connectivity index (χ1n) is 9.53. The van der Waals surface area contributed by atoms with Gasteiger partial charge in [0, 0.05) is 6.54 Å². The second-order valence-corrected chi connectivity index (χ2v) is 8.97. The third-order valence-electron chi connectivity index (χ3n) is 4.70. The summed E-state index contributed by atoms with van der Waals surface area (Å²) in [6.45, 7) is 3.50. The first kappa shape index (κ1) is 21.4. The van der Waals surface area contributed by atoms with E-state index in [0.717, 1.165) is 5.69 Å². The van der Waals surface area contributed by atoms with Crippen LogP contribution in [0.1, 0.15) is 28.2 Å². The number of para-hydroxylation sites is 1. The van der Waals surface area contributed by atoms with Crippen molar-refractivity contribution in [1.29, 1.82) is 0 Å². The zero-order valence-electron chi connectivity index (χ0n) is 16.8. The lowest BCUT2D eigenvalue weighted by atomic mass is 10.1. The van der Waals surface area contributed by atoms with Gasteiger partial charge in [-0.3, -0.25) is 9.59 Å². The quantitative estimate of drug-likeness (QED) is 0.340. The topological polar surface area (TPSA) is 98.1 Å². The number of ketones is 1. The summed E-state index contributed by atoms with van der Waals surface area (Å²) >= 11 is 0. The normalized spacial score (nSPS) is 11.3. The molecule has 0 aliphatic heterocycles. The van der Waals surface area contributed by atoms with Crippen LogP contribution in [0.15, 0.2) is 65.6 Å². The van der Waals surface area contributed by atoms with E-state index >= 15 is 0 Å². The zero-order chi connectivity index (χ0) is 21.7. The van der Waals surface area contributed by atoms with Gasteiger partial charge in [0.15, 0.2) is 9.84 Å². The molecule has 0 saturated carbocycles. The largest absolute Gasteiger partial charge is 0.349 e. The summed E-state index contributed by atoms with van der Waals surface area (Å²) in [5.41, 5.74) is 2.09. The average Bonchev–Trinajstić information content (AvgIpc) is 3.05. The van der Waals surface area contributed by atoms with E-state index in [-0.39, 0.29) is 29.2 Å². The summed E-state index contributed by atoms with van der Waals surface area (Å²) in [6, 6.07) is 17.5. The van der Waals surface area contributed by atoms with Gasteiger partial charge in [-0.1, -0.05) is 36.4 Å². The second kappa shape index (κ2) is 9.04. The Hall–Kier alpha value is -3.26. The third kappa shape index (κ3) is 4.65. The van der Waals surface area contributed by atoms with E-state index in [0.29, 0.717) is 11.4 Å². The number of aryl methyl sites for hydroxylation is 1. The van der Waals surface area contributed by atoms with Gasteiger partial charge in [-0.15, -0.1) is 0 Å². The van der Waals surface area contributed by atoms with E-state index in [4.69, 9.17) is 0 Å². The van der Waals surface area contributed by atoms with Crippen molar-refractivity contribution < 1.29 is 18.0 Å². The Labute approximate surface area is 175 Å². The molecule has 156 valence electrons. The molecule has 0 aliphatic rings. The van der Waals surface area contributed by atoms with E-state index in [9.17, 15) is 18.0 Å². The summed E-state index contributed by atoms with van der Waals surface area (Å²) in [5, 5.41) is 6.90. The van der Waals surface area contributed by atoms with Crippen LogP contribution < -0.4 is 5.32 Å². The van der Waals surface area contributed by atoms with Gasteiger partial charge in [-0.05, 0) is 44.5 Å². The predicted octanol–water partition coefficient (Wildman–Crippen LogP) is 2.65. The number of Topliss-reactive ketones (excluding diaryl/α,β-unsaturated/α-hetero) is 1. The molecule has 8 heteroatoms. The fourth-order valence-electron chi connectivity index (χ4n) is 3.20. The zero-order valence-corrected chi connectivity index (χ0v) is 17.6. The molecule has 0 fully saturated rings. The molecular weight excluding hydrogens is 402 g/mol. The number of aromatic nitrogens is 2. The Morgan fingerprint density at radius 2 is 1.57 bits per heavy atom. The highest BCUT2D eigenvalue weighted by atomic mass is 32.2. The number of rotatable bonds is 8. The van der Waals surface area contributed by atoms with Gasteiger partial charge < -0.3 is 5.32 Å². The Morgan fingerprint density at radius 1 is 0.967 bits per heavy atom. The monoisotopic (exact) mass is 425 g/mol. The van der Waals surface area contributed by atoms with Crippen molar-refractivity contribution in [2.24, 2.45) is 0 Å². The number of benzene rings is 2. The summed E-state index contributed by atoms with van der Waals surface area (Å²) in [4.78, 5) is 25.2. The molecule has 2 aromatic carbocycles. The van der Waals surface area contributed by atoms with Crippen LogP contribution in [0.4, 0.5) is 0 Å². The van der Waals surface area contributed by atoms with Crippen molar-refractivity contribution in [3.05, 3.63) is 77.6 Å². The molecule has 0 aliphatic carbocycles. The van der Waals surface area contributed by atoms with E-state index in [1.54, 1.807) is 36.7 Å². The minimum absolute atomic E-state index is 0.0849. The lowest BCUT2D eigenvalue weighted by molar-refractivity contribution is -0.117. The Morgan fingerprint density at radius 3 is 2.20 bits per heavy atom. The van der Waals surface area contributed by atoms with Gasteiger partial charge in [0.25, 0.3) is 11.7 Å². The molecule has 30 heavy (non-hydrogen) atoms. The molecule has 0 atom stereocenters. The molecule has 1 aromatic heterocycles.